The van der Waals surface area contributed by atoms with Crippen LogP contribution in [0.25, 0.3) is 0 Å². The molecule has 4 rings (SSSR count). The van der Waals surface area contributed by atoms with E-state index in [1.807, 2.05) is 34.6 Å². The van der Waals surface area contributed by atoms with Gasteiger partial charge in [-0.1, -0.05) is 79.2 Å². The van der Waals surface area contributed by atoms with Crippen LogP contribution in [0.4, 0.5) is 4.79 Å². The highest BCUT2D eigenvalue weighted by molar-refractivity contribution is 6.38. The lowest BCUT2D eigenvalue weighted by molar-refractivity contribution is -0.153. The molecule has 2 saturated carbocycles. The average molecular weight is 713 g/mol. The zero-order chi connectivity index (χ0) is 37.5. The Morgan fingerprint density at radius 3 is 2.10 bits per heavy atom. The fourth-order valence-corrected chi connectivity index (χ4v) is 7.78. The molecule has 2 aliphatic heterocycles. The van der Waals surface area contributed by atoms with Gasteiger partial charge in [0.15, 0.2) is 0 Å². The van der Waals surface area contributed by atoms with Crippen molar-refractivity contribution in [1.29, 1.82) is 0 Å². The highest BCUT2D eigenvalue weighted by Gasteiger charge is 2.44. The van der Waals surface area contributed by atoms with Crippen LogP contribution in [0.2, 0.25) is 0 Å². The largest absolute Gasteiger partial charge is 0.346 e. The van der Waals surface area contributed by atoms with Crippen molar-refractivity contribution in [2.75, 3.05) is 19.6 Å². The van der Waals surface area contributed by atoms with E-state index in [1.54, 1.807) is 0 Å². The minimum absolute atomic E-state index is 0.0213. The smallest absolute Gasteiger partial charge is 0.315 e. The molecule has 4 fully saturated rings. The molecule has 2 aliphatic carbocycles. The van der Waals surface area contributed by atoms with Crippen LogP contribution in [0, 0.1) is 22.7 Å². The molecule has 0 aromatic carbocycles. The van der Waals surface area contributed by atoms with Crippen LogP contribution in [0.1, 0.15) is 118 Å². The van der Waals surface area contributed by atoms with Crippen molar-refractivity contribution in [1.82, 2.24) is 31.1 Å². The molecule has 4 N–H and O–H groups in total. The third-order valence-electron chi connectivity index (χ3n) is 11.1. The Balaban J connectivity index is 1.48. The van der Waals surface area contributed by atoms with Crippen molar-refractivity contribution in [3.05, 3.63) is 12.7 Å². The van der Waals surface area contributed by atoms with Crippen molar-refractivity contribution >= 4 is 41.4 Å². The number of carbonyl (C=O) groups excluding carboxylic acids is 7. The summed E-state index contributed by atoms with van der Waals surface area (Å²) >= 11 is 0. The molecule has 13 nitrogen and oxygen atoms in total. The number of ketones is 1. The van der Waals surface area contributed by atoms with Gasteiger partial charge >= 0.3 is 6.03 Å². The Labute approximate surface area is 302 Å². The number of rotatable bonds is 14. The Morgan fingerprint density at radius 2 is 1.53 bits per heavy atom. The topological polar surface area (TPSA) is 174 Å². The van der Waals surface area contributed by atoms with E-state index in [0.717, 1.165) is 51.4 Å². The zero-order valence-corrected chi connectivity index (χ0v) is 31.3. The van der Waals surface area contributed by atoms with E-state index in [4.69, 9.17) is 0 Å². The number of likely N-dealkylation sites (tertiary alicyclic amines) is 2. The van der Waals surface area contributed by atoms with E-state index < -0.39 is 58.6 Å². The highest BCUT2D eigenvalue weighted by Crippen LogP contribution is 2.34. The number of nitrogens with zero attached hydrogens (tertiary/aromatic N) is 2. The third kappa shape index (κ3) is 10.6. The van der Waals surface area contributed by atoms with Gasteiger partial charge in [0.25, 0.3) is 5.91 Å². The average Bonchev–Trinajstić information content (AvgIpc) is 3.54. The van der Waals surface area contributed by atoms with Gasteiger partial charge in [-0.05, 0) is 54.8 Å². The van der Waals surface area contributed by atoms with Gasteiger partial charge in [-0.3, -0.25) is 33.7 Å². The molecule has 4 aliphatic rings. The molecule has 13 heteroatoms. The Kier molecular flexibility index (Phi) is 13.5. The first-order valence-corrected chi connectivity index (χ1v) is 18.9. The van der Waals surface area contributed by atoms with Gasteiger partial charge in [0.2, 0.25) is 29.4 Å². The maximum absolute atomic E-state index is 14.4. The zero-order valence-electron chi connectivity index (χ0n) is 31.3. The Bertz CT molecular complexity index is 1330. The van der Waals surface area contributed by atoms with Gasteiger partial charge in [0.1, 0.15) is 12.1 Å². The number of amides is 7. The second-order valence-electron chi connectivity index (χ2n) is 17.0. The number of urea groups is 1. The molecule has 51 heavy (non-hydrogen) atoms. The lowest BCUT2D eigenvalue weighted by Crippen LogP contribution is -2.61. The summed E-state index contributed by atoms with van der Waals surface area (Å²) < 4.78 is 0. The monoisotopic (exact) mass is 712 g/mol. The van der Waals surface area contributed by atoms with Crippen LogP contribution in [-0.4, -0.2) is 95.0 Å². The molecule has 284 valence electrons. The molecule has 0 bridgehead atoms. The summed E-state index contributed by atoms with van der Waals surface area (Å²) in [7, 11) is 0. The third-order valence-corrected chi connectivity index (χ3v) is 11.1. The van der Waals surface area contributed by atoms with Crippen LogP contribution in [0.15, 0.2) is 12.7 Å². The van der Waals surface area contributed by atoms with E-state index in [2.05, 4.69) is 27.8 Å². The van der Waals surface area contributed by atoms with Gasteiger partial charge in [0, 0.05) is 32.5 Å². The lowest BCUT2D eigenvalue weighted by Gasteiger charge is -2.40. The highest BCUT2D eigenvalue weighted by atomic mass is 16.2. The Hall–Kier alpha value is -3.77. The normalized spacial score (nSPS) is 23.0. The molecule has 4 atom stereocenters. The van der Waals surface area contributed by atoms with E-state index in [9.17, 15) is 33.6 Å². The van der Waals surface area contributed by atoms with Crippen LogP contribution in [-0.2, 0) is 28.8 Å². The predicted octanol–water partition coefficient (Wildman–Crippen LogP) is 3.36. The quantitative estimate of drug-likeness (QED) is 0.121. The molecule has 0 aromatic rings. The molecule has 2 saturated heterocycles. The van der Waals surface area contributed by atoms with E-state index in [-0.39, 0.29) is 55.5 Å². The van der Waals surface area contributed by atoms with Crippen molar-refractivity contribution in [3.63, 3.8) is 0 Å². The van der Waals surface area contributed by atoms with E-state index in [0.29, 0.717) is 25.8 Å². The first-order chi connectivity index (χ1) is 24.0. The fourth-order valence-electron chi connectivity index (χ4n) is 7.78. The van der Waals surface area contributed by atoms with Gasteiger partial charge < -0.3 is 26.2 Å². The van der Waals surface area contributed by atoms with Gasteiger partial charge in [-0.15, -0.1) is 6.58 Å². The summed E-state index contributed by atoms with van der Waals surface area (Å²) in [5.41, 5.74) is -0.943. The number of carbonyl (C=O) groups is 7. The summed E-state index contributed by atoms with van der Waals surface area (Å²) in [6.45, 7) is 13.6. The summed E-state index contributed by atoms with van der Waals surface area (Å²) in [6, 6.07) is -3.90. The van der Waals surface area contributed by atoms with E-state index in [1.165, 1.54) is 15.9 Å². The number of imide groups is 1. The first-order valence-electron chi connectivity index (χ1n) is 18.9. The van der Waals surface area contributed by atoms with Gasteiger partial charge in [-0.2, -0.15) is 0 Å². The van der Waals surface area contributed by atoms with Gasteiger partial charge in [0.05, 0.1) is 12.1 Å². The Morgan fingerprint density at radius 1 is 0.882 bits per heavy atom. The minimum Gasteiger partial charge on any atom is -0.346 e. The SMILES string of the molecule is C=CCNC(=O)C(=O)C(CC1CCC1)NC(=O)[C@@H]1CCCN1C(=O)[C@@H](NC(=O)N[C@H](CN1C(=O)CC(C)(C)CC1=O)C(C)(C)C)C1CCCCC1. The van der Waals surface area contributed by atoms with Crippen molar-refractivity contribution < 1.29 is 33.6 Å². The summed E-state index contributed by atoms with van der Waals surface area (Å²) in [4.78, 5) is 96.4. The maximum atomic E-state index is 14.4. The van der Waals surface area contributed by atoms with Gasteiger partial charge in [-0.25, -0.2) is 4.79 Å². The van der Waals surface area contributed by atoms with Crippen molar-refractivity contribution in [2.24, 2.45) is 22.7 Å². The fraction of sp³-hybridized carbons (Fsp3) is 0.763. The molecule has 1 unspecified atom stereocenters. The van der Waals surface area contributed by atoms with Crippen LogP contribution in [0.5, 0.6) is 0 Å². The van der Waals surface area contributed by atoms with Crippen LogP contribution < -0.4 is 21.3 Å². The van der Waals surface area contributed by atoms with Crippen molar-refractivity contribution in [2.45, 2.75) is 142 Å². The second kappa shape index (κ2) is 17.2. The summed E-state index contributed by atoms with van der Waals surface area (Å²) in [6.07, 6.45) is 10.6. The number of nitrogens with one attached hydrogen (secondary N) is 4. The molecule has 2 heterocycles. The van der Waals surface area contributed by atoms with E-state index >= 15 is 0 Å². The molecule has 0 spiro atoms. The number of Topliss-reactive ketones (excluding diaryl/α,β-unsaturated/α-hetero) is 1. The molecule has 7 amide bonds. The minimum atomic E-state index is -0.998. The number of hydrogen-bond donors (Lipinski definition) is 4. The number of piperidine rings is 1. The van der Waals surface area contributed by atoms with Crippen LogP contribution in [0.3, 0.4) is 0 Å². The summed E-state index contributed by atoms with van der Waals surface area (Å²) in [5.74, 6) is -2.76. The maximum Gasteiger partial charge on any atom is 0.315 e. The molecule has 0 aromatic heterocycles. The second-order valence-corrected chi connectivity index (χ2v) is 17.0. The first kappa shape index (κ1) is 40.0. The summed E-state index contributed by atoms with van der Waals surface area (Å²) in [5, 5.41) is 11.3. The lowest BCUT2D eigenvalue weighted by atomic mass is 9.80. The standard InChI is InChI=1S/C38H60N6O7/c1-7-18-39-34(49)32(47)26(20-24-13-11-14-24)40-33(48)27-17-12-19-43(27)35(50)31(25-15-9-8-10-16-25)42-36(51)41-28(37(2,3)4)23-44-29(45)21-38(5,6)22-30(44)46/h7,24-28,31H,1,8-23H2,2-6H3,(H,39,49)(H,40,48)(H2,41,42,51)/t26?,27-,28+,31-/m0/s1. The number of hydrogen-bond acceptors (Lipinski definition) is 7. The predicted molar refractivity (Wildman–Crippen MR) is 192 cm³/mol. The molecular formula is C38H60N6O7. The van der Waals surface area contributed by atoms with Crippen molar-refractivity contribution in [3.8, 4) is 0 Å². The molecular weight excluding hydrogens is 652 g/mol. The van der Waals surface area contributed by atoms with Crippen LogP contribution >= 0.6 is 0 Å². The molecule has 0 radical (unpaired) electrons.